The average molecular weight is 257 g/mol. The van der Waals surface area contributed by atoms with Crippen LogP contribution in [0.5, 0.6) is 0 Å². The predicted molar refractivity (Wildman–Crippen MR) is 65.3 cm³/mol. The third-order valence-corrected chi connectivity index (χ3v) is 2.75. The fraction of sp³-hybridized carbons (Fsp3) is 0.364. The van der Waals surface area contributed by atoms with E-state index in [1.54, 1.807) is 6.07 Å². The Balaban J connectivity index is 2.78. The van der Waals surface area contributed by atoms with Crippen molar-refractivity contribution in [1.29, 1.82) is 0 Å². The summed E-state index contributed by atoms with van der Waals surface area (Å²) in [6, 6.07) is 5.85. The number of hydrogen-bond acceptors (Lipinski definition) is 3. The van der Waals surface area contributed by atoms with Crippen molar-refractivity contribution in [2.24, 2.45) is 5.92 Å². The number of benzene rings is 1. The molecule has 0 fully saturated rings. The first-order chi connectivity index (χ1) is 8.06. The highest BCUT2D eigenvalue weighted by Crippen LogP contribution is 2.17. The molecular weight excluding hydrogens is 244 g/mol. The Bertz CT molecular complexity index is 423. The fourth-order valence-electron chi connectivity index (χ4n) is 1.24. The maximum atomic E-state index is 11.7. The summed E-state index contributed by atoms with van der Waals surface area (Å²) in [6.07, 6.45) is 0. The van der Waals surface area contributed by atoms with E-state index in [1.165, 1.54) is 18.2 Å². The van der Waals surface area contributed by atoms with Crippen molar-refractivity contribution < 1.29 is 9.72 Å². The van der Waals surface area contributed by atoms with E-state index in [1.807, 2.05) is 6.92 Å². The molecule has 1 atom stereocenters. The second-order valence-electron chi connectivity index (χ2n) is 3.74. The first-order valence-electron chi connectivity index (χ1n) is 5.13. The molecule has 5 nitrogen and oxygen atoms in total. The van der Waals surface area contributed by atoms with Crippen LogP contribution in [0.3, 0.4) is 0 Å². The van der Waals surface area contributed by atoms with Crippen LogP contribution in [0.1, 0.15) is 17.3 Å². The van der Waals surface area contributed by atoms with E-state index in [2.05, 4.69) is 5.32 Å². The van der Waals surface area contributed by atoms with E-state index in [-0.39, 0.29) is 17.2 Å². The van der Waals surface area contributed by atoms with Crippen LogP contribution >= 0.6 is 11.6 Å². The molecule has 0 heterocycles. The largest absolute Gasteiger partial charge is 0.352 e. The number of carbonyl (C=O) groups excluding carboxylic acids is 1. The molecule has 0 saturated heterocycles. The highest BCUT2D eigenvalue weighted by molar-refractivity contribution is 6.18. The van der Waals surface area contributed by atoms with Crippen molar-refractivity contribution in [3.8, 4) is 0 Å². The molecule has 92 valence electrons. The Kier molecular flexibility index (Phi) is 4.90. The zero-order chi connectivity index (χ0) is 12.8. The molecule has 0 bridgehead atoms. The van der Waals surface area contributed by atoms with Gasteiger partial charge in [-0.15, -0.1) is 11.6 Å². The molecule has 6 heteroatoms. The van der Waals surface area contributed by atoms with Crippen LogP contribution in [-0.4, -0.2) is 23.3 Å². The van der Waals surface area contributed by atoms with Crippen LogP contribution in [0, 0.1) is 16.0 Å². The molecule has 0 aliphatic heterocycles. The lowest BCUT2D eigenvalue weighted by atomic mass is 10.1. The van der Waals surface area contributed by atoms with Crippen molar-refractivity contribution in [2.45, 2.75) is 6.92 Å². The lowest BCUT2D eigenvalue weighted by Gasteiger charge is -2.09. The van der Waals surface area contributed by atoms with Gasteiger partial charge >= 0.3 is 0 Å². The Morgan fingerprint density at radius 2 is 2.18 bits per heavy atom. The molecule has 17 heavy (non-hydrogen) atoms. The molecule has 0 spiro atoms. The van der Waals surface area contributed by atoms with E-state index in [0.29, 0.717) is 12.4 Å². The van der Waals surface area contributed by atoms with Gasteiger partial charge in [0.1, 0.15) is 5.56 Å². The predicted octanol–water partition coefficient (Wildman–Crippen LogP) is 2.20. The second-order valence-corrected chi connectivity index (χ2v) is 4.05. The average Bonchev–Trinajstić information content (AvgIpc) is 2.35. The number of nitro benzene ring substituents is 1. The summed E-state index contributed by atoms with van der Waals surface area (Å²) < 4.78 is 0. The lowest BCUT2D eigenvalue weighted by Crippen LogP contribution is -2.29. The second kappa shape index (κ2) is 6.20. The first-order valence-corrected chi connectivity index (χ1v) is 5.67. The van der Waals surface area contributed by atoms with E-state index in [0.717, 1.165) is 0 Å². The fourth-order valence-corrected chi connectivity index (χ4v) is 1.35. The molecule has 1 amide bonds. The number of hydrogen-bond donors (Lipinski definition) is 1. The number of para-hydroxylation sites is 1. The summed E-state index contributed by atoms with van der Waals surface area (Å²) in [7, 11) is 0. The summed E-state index contributed by atoms with van der Waals surface area (Å²) in [5.74, 6) is 0.106. The topological polar surface area (TPSA) is 72.2 Å². The highest BCUT2D eigenvalue weighted by Gasteiger charge is 2.18. The third-order valence-electron chi connectivity index (χ3n) is 2.22. The molecule has 1 aromatic carbocycles. The summed E-state index contributed by atoms with van der Waals surface area (Å²) in [6.45, 7) is 2.28. The monoisotopic (exact) mass is 256 g/mol. The van der Waals surface area contributed by atoms with Gasteiger partial charge in [0.05, 0.1) is 4.92 Å². The van der Waals surface area contributed by atoms with Crippen molar-refractivity contribution in [1.82, 2.24) is 5.32 Å². The number of nitrogens with one attached hydrogen (secondary N) is 1. The van der Waals surface area contributed by atoms with Gasteiger partial charge < -0.3 is 5.32 Å². The van der Waals surface area contributed by atoms with Crippen molar-refractivity contribution >= 4 is 23.2 Å². The maximum Gasteiger partial charge on any atom is 0.282 e. The van der Waals surface area contributed by atoms with Crippen molar-refractivity contribution in [2.75, 3.05) is 12.4 Å². The first kappa shape index (κ1) is 13.4. The van der Waals surface area contributed by atoms with Gasteiger partial charge in [-0.05, 0) is 12.0 Å². The smallest absolute Gasteiger partial charge is 0.282 e. The van der Waals surface area contributed by atoms with E-state index < -0.39 is 10.8 Å². The minimum absolute atomic E-state index is 0.0688. The van der Waals surface area contributed by atoms with Gasteiger partial charge in [0.2, 0.25) is 0 Å². The van der Waals surface area contributed by atoms with Gasteiger partial charge in [-0.2, -0.15) is 0 Å². The minimum Gasteiger partial charge on any atom is -0.352 e. The molecule has 0 aliphatic carbocycles. The number of carbonyl (C=O) groups is 1. The van der Waals surface area contributed by atoms with Crippen LogP contribution in [0.2, 0.25) is 0 Å². The number of rotatable bonds is 5. The van der Waals surface area contributed by atoms with E-state index >= 15 is 0 Å². The maximum absolute atomic E-state index is 11.7. The summed E-state index contributed by atoms with van der Waals surface area (Å²) in [4.78, 5) is 21.9. The SMILES string of the molecule is CC(CCl)CNC(=O)c1ccccc1[N+](=O)[O-]. The van der Waals surface area contributed by atoms with Gasteiger partial charge in [-0.1, -0.05) is 19.1 Å². The summed E-state index contributed by atoms with van der Waals surface area (Å²) in [5, 5.41) is 13.3. The summed E-state index contributed by atoms with van der Waals surface area (Å²) in [5.41, 5.74) is -0.122. The Labute approximate surface area is 104 Å². The lowest BCUT2D eigenvalue weighted by molar-refractivity contribution is -0.385. The molecule has 1 unspecified atom stereocenters. The highest BCUT2D eigenvalue weighted by atomic mass is 35.5. The van der Waals surface area contributed by atoms with E-state index in [9.17, 15) is 14.9 Å². The number of nitro groups is 1. The Morgan fingerprint density at radius 3 is 2.76 bits per heavy atom. The Morgan fingerprint density at radius 1 is 1.53 bits per heavy atom. The molecule has 0 saturated carbocycles. The molecule has 0 aliphatic rings. The van der Waals surface area contributed by atoms with Gasteiger partial charge in [-0.25, -0.2) is 0 Å². The number of alkyl halides is 1. The van der Waals surface area contributed by atoms with Crippen LogP contribution in [-0.2, 0) is 0 Å². The van der Waals surface area contributed by atoms with Crippen LogP contribution in [0.4, 0.5) is 5.69 Å². The van der Waals surface area contributed by atoms with Gasteiger partial charge in [0.25, 0.3) is 11.6 Å². The number of nitrogens with zero attached hydrogens (tertiary/aromatic N) is 1. The normalized spacial score (nSPS) is 11.9. The molecular formula is C11H13ClN2O3. The number of amides is 1. The molecule has 0 radical (unpaired) electrons. The molecule has 0 aromatic heterocycles. The standard InChI is InChI=1S/C11H13ClN2O3/c1-8(6-12)7-13-11(15)9-4-2-3-5-10(9)14(16)17/h2-5,8H,6-7H2,1H3,(H,13,15). The van der Waals surface area contributed by atoms with Gasteiger partial charge in [0, 0.05) is 18.5 Å². The number of halogens is 1. The zero-order valence-electron chi connectivity index (χ0n) is 9.35. The third kappa shape index (κ3) is 3.71. The van der Waals surface area contributed by atoms with Crippen molar-refractivity contribution in [3.63, 3.8) is 0 Å². The quantitative estimate of drug-likeness (QED) is 0.499. The van der Waals surface area contributed by atoms with E-state index in [4.69, 9.17) is 11.6 Å². The van der Waals surface area contributed by atoms with Crippen LogP contribution < -0.4 is 5.32 Å². The summed E-state index contributed by atoms with van der Waals surface area (Å²) >= 11 is 5.60. The van der Waals surface area contributed by atoms with Crippen molar-refractivity contribution in [3.05, 3.63) is 39.9 Å². The van der Waals surface area contributed by atoms with Crippen LogP contribution in [0.25, 0.3) is 0 Å². The van der Waals surface area contributed by atoms with Gasteiger partial charge in [0.15, 0.2) is 0 Å². The minimum atomic E-state index is -0.570. The molecule has 1 rings (SSSR count). The Hall–Kier alpha value is -1.62. The zero-order valence-corrected chi connectivity index (χ0v) is 10.1. The van der Waals surface area contributed by atoms with Gasteiger partial charge in [-0.3, -0.25) is 14.9 Å². The van der Waals surface area contributed by atoms with Crippen LogP contribution in [0.15, 0.2) is 24.3 Å². The molecule has 1 aromatic rings. The molecule has 1 N–H and O–H groups in total.